The van der Waals surface area contributed by atoms with Gasteiger partial charge >= 0.3 is 5.97 Å². The maximum absolute atomic E-state index is 15.3. The molecule has 1 heterocycles. The number of hydrogen-bond acceptors (Lipinski definition) is 3. The number of phenolic OH excluding ortho intramolecular Hbond substituents is 1. The van der Waals surface area contributed by atoms with Crippen molar-refractivity contribution in [2.75, 3.05) is 6.54 Å². The fraction of sp³-hybridized carbons (Fsp3) is 0.346. The van der Waals surface area contributed by atoms with Gasteiger partial charge in [0.1, 0.15) is 23.1 Å². The fourth-order valence-electron chi connectivity index (χ4n) is 4.49. The second-order valence-electron chi connectivity index (χ2n) is 9.10. The van der Waals surface area contributed by atoms with Gasteiger partial charge in [0.05, 0.1) is 6.04 Å². The maximum Gasteiger partial charge on any atom is 0.328 e. The van der Waals surface area contributed by atoms with Gasteiger partial charge in [0, 0.05) is 29.8 Å². The van der Waals surface area contributed by atoms with Gasteiger partial charge in [0.15, 0.2) is 0 Å². The summed E-state index contributed by atoms with van der Waals surface area (Å²) in [6, 6.07) is 7.74. The minimum atomic E-state index is -1.61. The van der Waals surface area contributed by atoms with Crippen LogP contribution in [0.3, 0.4) is 0 Å². The molecule has 2 N–H and O–H groups in total. The number of rotatable bonds is 6. The molecular formula is C26H28F3NO3. The highest BCUT2D eigenvalue weighted by Crippen LogP contribution is 2.46. The number of carboxylic acids is 1. The summed E-state index contributed by atoms with van der Waals surface area (Å²) in [7, 11) is 0. The molecule has 4 nitrogen and oxygen atoms in total. The molecule has 0 spiro atoms. The fourth-order valence-corrected chi connectivity index (χ4v) is 4.49. The van der Waals surface area contributed by atoms with Crippen LogP contribution in [0.25, 0.3) is 11.6 Å². The van der Waals surface area contributed by atoms with Crippen LogP contribution in [0, 0.1) is 11.6 Å². The molecule has 0 saturated heterocycles. The second-order valence-corrected chi connectivity index (χ2v) is 9.10. The van der Waals surface area contributed by atoms with E-state index in [4.69, 9.17) is 5.11 Å². The number of carboxylic acid groups (broad SMARTS) is 1. The molecule has 7 heteroatoms. The Morgan fingerprint density at radius 1 is 1.21 bits per heavy atom. The Morgan fingerprint density at radius 3 is 2.36 bits per heavy atom. The second kappa shape index (κ2) is 9.43. The molecule has 2 aromatic rings. The van der Waals surface area contributed by atoms with E-state index in [9.17, 15) is 14.3 Å². The Hall–Kier alpha value is -3.06. The first-order chi connectivity index (χ1) is 15.4. The van der Waals surface area contributed by atoms with Gasteiger partial charge in [-0.2, -0.15) is 0 Å². The number of aliphatic carboxylic acids is 1. The van der Waals surface area contributed by atoms with Gasteiger partial charge in [-0.1, -0.05) is 18.2 Å². The van der Waals surface area contributed by atoms with Crippen molar-refractivity contribution in [1.82, 2.24) is 4.90 Å². The molecule has 0 bridgehead atoms. The van der Waals surface area contributed by atoms with E-state index in [1.807, 2.05) is 6.92 Å². The number of alkyl halides is 1. The molecular weight excluding hydrogens is 431 g/mol. The maximum atomic E-state index is 15.3. The number of halogens is 3. The first-order valence-electron chi connectivity index (χ1n) is 10.7. The van der Waals surface area contributed by atoms with E-state index in [0.29, 0.717) is 17.6 Å². The molecule has 0 amide bonds. The molecule has 2 aromatic carbocycles. The van der Waals surface area contributed by atoms with Crippen LogP contribution in [-0.2, 0) is 4.79 Å². The molecule has 33 heavy (non-hydrogen) atoms. The van der Waals surface area contributed by atoms with Crippen LogP contribution in [0.1, 0.15) is 56.8 Å². The lowest BCUT2D eigenvalue weighted by Gasteiger charge is -2.44. The van der Waals surface area contributed by atoms with Crippen molar-refractivity contribution in [1.29, 1.82) is 0 Å². The monoisotopic (exact) mass is 459 g/mol. The van der Waals surface area contributed by atoms with Gasteiger partial charge in [-0.25, -0.2) is 18.0 Å². The Morgan fingerprint density at radius 2 is 1.82 bits per heavy atom. The summed E-state index contributed by atoms with van der Waals surface area (Å²) in [5.41, 5.74) is 0.171. The molecule has 0 fully saturated rings. The highest BCUT2D eigenvalue weighted by atomic mass is 19.1. The number of para-hydroxylation sites is 1. The van der Waals surface area contributed by atoms with Crippen molar-refractivity contribution in [2.45, 2.75) is 51.9 Å². The van der Waals surface area contributed by atoms with Crippen LogP contribution in [0.4, 0.5) is 13.2 Å². The lowest BCUT2D eigenvalue weighted by molar-refractivity contribution is -0.131. The molecule has 2 atom stereocenters. The van der Waals surface area contributed by atoms with E-state index < -0.39 is 29.3 Å². The number of nitrogens with zero attached hydrogens (tertiary/aromatic N) is 1. The number of hydrogen-bond donors (Lipinski definition) is 2. The van der Waals surface area contributed by atoms with E-state index in [1.165, 1.54) is 13.8 Å². The van der Waals surface area contributed by atoms with Crippen LogP contribution < -0.4 is 0 Å². The Balaban J connectivity index is 2.21. The average Bonchev–Trinajstić information content (AvgIpc) is 2.70. The van der Waals surface area contributed by atoms with Crippen molar-refractivity contribution in [3.63, 3.8) is 0 Å². The minimum absolute atomic E-state index is 0.0518. The van der Waals surface area contributed by atoms with Crippen LogP contribution in [0.5, 0.6) is 5.75 Å². The lowest BCUT2D eigenvalue weighted by Crippen LogP contribution is -2.47. The van der Waals surface area contributed by atoms with Crippen LogP contribution in [0.15, 0.2) is 48.0 Å². The summed E-state index contributed by atoms with van der Waals surface area (Å²) in [6.45, 7) is 6.39. The van der Waals surface area contributed by atoms with E-state index in [0.717, 1.165) is 29.9 Å². The highest BCUT2D eigenvalue weighted by Gasteiger charge is 2.39. The van der Waals surface area contributed by atoms with Gasteiger partial charge in [-0.05, 0) is 75.1 Å². The van der Waals surface area contributed by atoms with Crippen molar-refractivity contribution >= 4 is 17.6 Å². The van der Waals surface area contributed by atoms with Crippen molar-refractivity contribution in [3.05, 3.63) is 76.4 Å². The number of benzene rings is 2. The number of carbonyl (C=O) groups is 1. The predicted molar refractivity (Wildman–Crippen MR) is 122 cm³/mol. The highest BCUT2D eigenvalue weighted by molar-refractivity contribution is 5.85. The molecule has 0 radical (unpaired) electrons. The predicted octanol–water partition coefficient (Wildman–Crippen LogP) is 6.13. The number of aromatic hydroxyl groups is 1. The summed E-state index contributed by atoms with van der Waals surface area (Å²) in [5, 5.41) is 19.2. The van der Waals surface area contributed by atoms with Crippen molar-refractivity contribution in [3.8, 4) is 5.75 Å². The van der Waals surface area contributed by atoms with Gasteiger partial charge in [-0.3, -0.25) is 4.90 Å². The molecule has 0 aromatic heterocycles. The van der Waals surface area contributed by atoms with Crippen LogP contribution in [-0.4, -0.2) is 39.3 Å². The van der Waals surface area contributed by atoms with Crippen LogP contribution >= 0.6 is 0 Å². The summed E-state index contributed by atoms with van der Waals surface area (Å²) in [4.78, 5) is 12.5. The summed E-state index contributed by atoms with van der Waals surface area (Å²) in [6.07, 6.45) is 2.38. The zero-order valence-electron chi connectivity index (χ0n) is 19.1. The van der Waals surface area contributed by atoms with Crippen molar-refractivity contribution < 1.29 is 28.2 Å². The minimum Gasteiger partial charge on any atom is -0.507 e. The third kappa shape index (κ3) is 5.47. The lowest BCUT2D eigenvalue weighted by atomic mass is 9.81. The van der Waals surface area contributed by atoms with E-state index in [-0.39, 0.29) is 29.5 Å². The topological polar surface area (TPSA) is 60.8 Å². The van der Waals surface area contributed by atoms with Gasteiger partial charge in [-0.15, -0.1) is 0 Å². The first kappa shape index (κ1) is 24.6. The molecule has 2 unspecified atom stereocenters. The third-order valence-electron chi connectivity index (χ3n) is 5.86. The van der Waals surface area contributed by atoms with E-state index in [2.05, 4.69) is 0 Å². The molecule has 0 aliphatic carbocycles. The van der Waals surface area contributed by atoms with Gasteiger partial charge < -0.3 is 10.2 Å². The molecule has 176 valence electrons. The zero-order chi connectivity index (χ0) is 24.5. The SMILES string of the molecule is CC1=C(c2ccccc2O)CC(C)N(CC(C)(C)F)C1c1c(F)cc(/C=C/C(=O)O)cc1F. The Labute approximate surface area is 191 Å². The van der Waals surface area contributed by atoms with Gasteiger partial charge in [0.2, 0.25) is 0 Å². The van der Waals surface area contributed by atoms with E-state index >= 15 is 8.78 Å². The Bertz CT molecular complexity index is 1100. The number of phenols is 1. The largest absolute Gasteiger partial charge is 0.507 e. The van der Waals surface area contributed by atoms with Crippen molar-refractivity contribution in [2.24, 2.45) is 0 Å². The summed E-state index contributed by atoms with van der Waals surface area (Å²) < 4.78 is 45.4. The van der Waals surface area contributed by atoms with Crippen LogP contribution in [0.2, 0.25) is 0 Å². The quantitative estimate of drug-likeness (QED) is 0.511. The van der Waals surface area contributed by atoms with Gasteiger partial charge in [0.25, 0.3) is 0 Å². The summed E-state index contributed by atoms with van der Waals surface area (Å²) >= 11 is 0. The smallest absolute Gasteiger partial charge is 0.328 e. The normalized spacial score (nSPS) is 20.0. The molecule has 3 rings (SSSR count). The van der Waals surface area contributed by atoms with E-state index in [1.54, 1.807) is 36.1 Å². The summed E-state index contributed by atoms with van der Waals surface area (Å²) in [5.74, 6) is -2.87. The average molecular weight is 460 g/mol. The molecule has 1 aliphatic heterocycles. The standard InChI is InChI=1S/C26H28F3NO3/c1-15-11-19(18-7-5-6-8-22(18)31)16(2)25(30(15)14-26(3,4)29)24-20(27)12-17(13-21(24)28)9-10-23(32)33/h5-10,12-13,15,25,31H,11,14H2,1-4H3,(H,32,33)/b10-9+. The molecule has 1 aliphatic rings. The molecule has 0 saturated carbocycles. The first-order valence-corrected chi connectivity index (χ1v) is 10.7. The third-order valence-corrected chi connectivity index (χ3v) is 5.86. The Kier molecular flexibility index (Phi) is 7.03. The zero-order valence-corrected chi connectivity index (χ0v) is 19.1.